The number of hydrogen-bond acceptors (Lipinski definition) is 2. The molecule has 2 bridgehead atoms. The number of fused-ring (bicyclic) bond motifs is 2. The van der Waals surface area contributed by atoms with Gasteiger partial charge < -0.3 is 10.1 Å². The van der Waals surface area contributed by atoms with Gasteiger partial charge in [0.15, 0.2) is 0 Å². The lowest BCUT2D eigenvalue weighted by atomic mass is 9.68. The molecule has 3 fully saturated rings. The van der Waals surface area contributed by atoms with Crippen LogP contribution in [0.2, 0.25) is 0 Å². The first-order chi connectivity index (χ1) is 8.52. The van der Waals surface area contributed by atoms with E-state index in [0.717, 1.165) is 31.1 Å². The average molecular weight is 251 g/mol. The fraction of sp³-hybridized carbons (Fsp3) is 1.00. The number of hydrogen-bond donors (Lipinski definition) is 1. The van der Waals surface area contributed by atoms with E-state index in [0.29, 0.717) is 10.8 Å². The average Bonchev–Trinajstić information content (AvgIpc) is 2.96. The fourth-order valence-corrected chi connectivity index (χ4v) is 5.05. The van der Waals surface area contributed by atoms with Gasteiger partial charge in [0, 0.05) is 19.3 Å². The molecule has 18 heavy (non-hydrogen) atoms. The summed E-state index contributed by atoms with van der Waals surface area (Å²) in [4.78, 5) is 0. The molecule has 2 nitrogen and oxygen atoms in total. The summed E-state index contributed by atoms with van der Waals surface area (Å²) in [6.07, 6.45) is 6.91. The summed E-state index contributed by atoms with van der Waals surface area (Å²) >= 11 is 0. The summed E-state index contributed by atoms with van der Waals surface area (Å²) in [6.45, 7) is 10.6. The van der Waals surface area contributed by atoms with Crippen LogP contribution in [0.3, 0.4) is 0 Å². The Balaban J connectivity index is 1.55. The Kier molecular flexibility index (Phi) is 3.22. The van der Waals surface area contributed by atoms with Crippen molar-refractivity contribution >= 4 is 0 Å². The molecule has 2 aliphatic carbocycles. The monoisotopic (exact) mass is 251 g/mol. The van der Waals surface area contributed by atoms with Crippen LogP contribution < -0.4 is 5.32 Å². The lowest BCUT2D eigenvalue weighted by Crippen LogP contribution is -2.50. The minimum atomic E-state index is 0.499. The van der Waals surface area contributed by atoms with E-state index in [1.807, 2.05) is 0 Å². The predicted octanol–water partition coefficient (Wildman–Crippen LogP) is 3.22. The van der Waals surface area contributed by atoms with Crippen LogP contribution in [0.1, 0.15) is 52.9 Å². The Morgan fingerprint density at radius 1 is 1.22 bits per heavy atom. The topological polar surface area (TPSA) is 21.3 Å². The summed E-state index contributed by atoms with van der Waals surface area (Å²) in [7, 11) is 0. The van der Waals surface area contributed by atoms with Gasteiger partial charge in [0.2, 0.25) is 0 Å². The smallest absolute Gasteiger partial charge is 0.0495 e. The molecule has 0 aromatic heterocycles. The maximum Gasteiger partial charge on any atom is 0.0495 e. The molecule has 104 valence electrons. The molecule has 4 atom stereocenters. The maximum atomic E-state index is 5.46. The van der Waals surface area contributed by atoms with E-state index in [-0.39, 0.29) is 0 Å². The lowest BCUT2D eigenvalue weighted by Gasteiger charge is -2.43. The molecule has 2 heteroatoms. The Hall–Kier alpha value is -0.0800. The summed E-state index contributed by atoms with van der Waals surface area (Å²) in [5.41, 5.74) is 1.07. The third-order valence-electron chi connectivity index (χ3n) is 6.19. The van der Waals surface area contributed by atoms with Gasteiger partial charge in [-0.3, -0.25) is 0 Å². The number of rotatable bonds is 4. The molecule has 0 aromatic rings. The summed E-state index contributed by atoms with van der Waals surface area (Å²) in [5.74, 6) is 1.77. The van der Waals surface area contributed by atoms with Gasteiger partial charge in [-0.15, -0.1) is 0 Å². The minimum absolute atomic E-state index is 0.499. The quantitative estimate of drug-likeness (QED) is 0.828. The Morgan fingerprint density at radius 3 is 2.67 bits per heavy atom. The molecule has 0 spiro atoms. The molecule has 4 unspecified atom stereocenters. The minimum Gasteiger partial charge on any atom is -0.381 e. The molecule has 1 aliphatic heterocycles. The summed E-state index contributed by atoms with van der Waals surface area (Å²) in [5, 5.41) is 3.92. The third-order valence-corrected chi connectivity index (χ3v) is 6.19. The van der Waals surface area contributed by atoms with Crippen LogP contribution in [0.4, 0.5) is 0 Å². The Morgan fingerprint density at radius 2 is 2.06 bits per heavy atom. The Bertz CT molecular complexity index is 303. The van der Waals surface area contributed by atoms with Crippen molar-refractivity contribution in [2.45, 2.75) is 58.9 Å². The van der Waals surface area contributed by atoms with E-state index in [9.17, 15) is 0 Å². The van der Waals surface area contributed by atoms with Gasteiger partial charge in [0.1, 0.15) is 0 Å². The number of ether oxygens (including phenoxy) is 1. The molecule has 1 heterocycles. The van der Waals surface area contributed by atoms with Gasteiger partial charge in [-0.25, -0.2) is 0 Å². The second-order valence-corrected chi connectivity index (χ2v) is 7.82. The predicted molar refractivity (Wildman–Crippen MR) is 74.6 cm³/mol. The van der Waals surface area contributed by atoms with Crippen LogP contribution in [-0.2, 0) is 4.74 Å². The van der Waals surface area contributed by atoms with Crippen molar-refractivity contribution in [3.8, 4) is 0 Å². The van der Waals surface area contributed by atoms with Crippen LogP contribution in [0.5, 0.6) is 0 Å². The zero-order valence-corrected chi connectivity index (χ0v) is 12.3. The second kappa shape index (κ2) is 4.49. The molecular weight excluding hydrogens is 222 g/mol. The molecule has 1 saturated heterocycles. The molecule has 0 amide bonds. The van der Waals surface area contributed by atoms with Crippen LogP contribution in [0.15, 0.2) is 0 Å². The van der Waals surface area contributed by atoms with E-state index in [2.05, 4.69) is 26.1 Å². The first-order valence-electron chi connectivity index (χ1n) is 7.83. The second-order valence-electron chi connectivity index (χ2n) is 7.82. The molecule has 3 aliphatic rings. The maximum absolute atomic E-state index is 5.46. The third kappa shape index (κ3) is 2.02. The largest absolute Gasteiger partial charge is 0.381 e. The van der Waals surface area contributed by atoms with E-state index < -0.39 is 0 Å². The highest BCUT2D eigenvalue weighted by Crippen LogP contribution is 2.62. The highest BCUT2D eigenvalue weighted by Gasteiger charge is 2.58. The first-order valence-corrected chi connectivity index (χ1v) is 7.83. The van der Waals surface area contributed by atoms with E-state index in [1.165, 1.54) is 38.6 Å². The van der Waals surface area contributed by atoms with Crippen LogP contribution in [0.25, 0.3) is 0 Å². The van der Waals surface area contributed by atoms with Crippen molar-refractivity contribution < 1.29 is 4.74 Å². The zero-order valence-electron chi connectivity index (χ0n) is 12.3. The van der Waals surface area contributed by atoms with Crippen molar-refractivity contribution in [1.29, 1.82) is 0 Å². The van der Waals surface area contributed by atoms with Crippen molar-refractivity contribution in [2.75, 3.05) is 19.8 Å². The van der Waals surface area contributed by atoms with Crippen molar-refractivity contribution in [3.05, 3.63) is 0 Å². The van der Waals surface area contributed by atoms with E-state index in [4.69, 9.17) is 4.74 Å². The molecule has 0 aromatic carbocycles. The SMILES string of the molecule is CC12CCC(C1)C(C)(C)C2NCCC1CCOC1. The van der Waals surface area contributed by atoms with Crippen molar-refractivity contribution in [3.63, 3.8) is 0 Å². The number of nitrogens with one attached hydrogen (secondary N) is 1. The highest BCUT2D eigenvalue weighted by molar-refractivity contribution is 5.11. The van der Waals surface area contributed by atoms with Gasteiger partial charge in [-0.2, -0.15) is 0 Å². The van der Waals surface area contributed by atoms with Gasteiger partial charge in [-0.1, -0.05) is 20.8 Å². The van der Waals surface area contributed by atoms with Crippen LogP contribution in [0, 0.1) is 22.7 Å². The highest BCUT2D eigenvalue weighted by atomic mass is 16.5. The first kappa shape index (κ1) is 12.9. The summed E-state index contributed by atoms with van der Waals surface area (Å²) < 4.78 is 5.46. The lowest BCUT2D eigenvalue weighted by molar-refractivity contribution is 0.107. The van der Waals surface area contributed by atoms with Gasteiger partial charge in [0.25, 0.3) is 0 Å². The fourth-order valence-electron chi connectivity index (χ4n) is 5.05. The van der Waals surface area contributed by atoms with Crippen LogP contribution in [-0.4, -0.2) is 25.8 Å². The van der Waals surface area contributed by atoms with Gasteiger partial charge in [0.05, 0.1) is 0 Å². The van der Waals surface area contributed by atoms with Crippen molar-refractivity contribution in [1.82, 2.24) is 5.32 Å². The molecule has 2 saturated carbocycles. The molecule has 3 rings (SSSR count). The Labute approximate surface area is 112 Å². The standard InChI is InChI=1S/C16H29NO/c1-15(2)13-4-7-16(3,10-13)14(15)17-8-5-12-6-9-18-11-12/h12-14,17H,4-11H2,1-3H3. The summed E-state index contributed by atoms with van der Waals surface area (Å²) in [6, 6.07) is 0.728. The van der Waals surface area contributed by atoms with E-state index in [1.54, 1.807) is 0 Å². The zero-order chi connectivity index (χ0) is 12.8. The normalized spacial score (nSPS) is 45.8. The molecule has 0 radical (unpaired) electrons. The van der Waals surface area contributed by atoms with Crippen LogP contribution >= 0.6 is 0 Å². The molecule has 1 N–H and O–H groups in total. The van der Waals surface area contributed by atoms with Gasteiger partial charge in [-0.05, 0) is 61.3 Å². The van der Waals surface area contributed by atoms with Crippen molar-refractivity contribution in [2.24, 2.45) is 22.7 Å². The molecular formula is C16H29NO. The van der Waals surface area contributed by atoms with Gasteiger partial charge >= 0.3 is 0 Å². The van der Waals surface area contributed by atoms with E-state index >= 15 is 0 Å².